The first-order valence-corrected chi connectivity index (χ1v) is 4.50. The van der Waals surface area contributed by atoms with Crippen molar-refractivity contribution in [1.82, 2.24) is 0 Å². The molecule has 0 bridgehead atoms. The van der Waals surface area contributed by atoms with Crippen molar-refractivity contribution in [3.63, 3.8) is 0 Å². The third kappa shape index (κ3) is 3.77. The van der Waals surface area contributed by atoms with Gasteiger partial charge in [-0.15, -0.1) is 12.4 Å². The number of carbonyl (C=O) groups is 1. The maximum Gasteiger partial charge on any atom is 0.228 e. The molecular weight excluding hydrogens is 214 g/mol. The molecule has 0 fully saturated rings. The van der Waals surface area contributed by atoms with E-state index in [0.717, 1.165) is 0 Å². The van der Waals surface area contributed by atoms with Gasteiger partial charge < -0.3 is 16.8 Å². The van der Waals surface area contributed by atoms with Crippen molar-refractivity contribution in [2.45, 2.75) is 6.92 Å². The number of anilines is 2. The standard InChI is InChI=1S/C10H15N3O.ClH/c1-7(6-11)10(14)13-9-5-3-2-4-8(9)12;/h2-5,7H,6,11-12H2,1H3,(H,13,14);1H. The van der Waals surface area contributed by atoms with Crippen LogP contribution in [0, 0.1) is 5.92 Å². The number of benzene rings is 1. The number of nitrogens with one attached hydrogen (secondary N) is 1. The summed E-state index contributed by atoms with van der Waals surface area (Å²) in [6.07, 6.45) is 0. The number of nitrogens with two attached hydrogens (primary N) is 2. The molecule has 15 heavy (non-hydrogen) atoms. The number of amides is 1. The number of carbonyl (C=O) groups excluding carboxylic acids is 1. The van der Waals surface area contributed by atoms with Crippen molar-refractivity contribution in [1.29, 1.82) is 0 Å². The van der Waals surface area contributed by atoms with Gasteiger partial charge in [0, 0.05) is 12.5 Å². The fraction of sp³-hybridized carbons (Fsp3) is 0.300. The lowest BCUT2D eigenvalue weighted by atomic mass is 10.1. The molecule has 84 valence electrons. The highest BCUT2D eigenvalue weighted by Gasteiger charge is 2.11. The molecule has 1 aromatic rings. The summed E-state index contributed by atoms with van der Waals surface area (Å²) in [5.41, 5.74) is 12.2. The molecule has 0 aliphatic heterocycles. The van der Waals surface area contributed by atoms with E-state index in [9.17, 15) is 4.79 Å². The molecule has 0 saturated heterocycles. The molecule has 4 nitrogen and oxygen atoms in total. The van der Waals surface area contributed by atoms with Crippen LogP contribution in [-0.4, -0.2) is 12.5 Å². The fourth-order valence-electron chi connectivity index (χ4n) is 0.974. The Morgan fingerprint density at radius 3 is 2.60 bits per heavy atom. The molecule has 1 amide bonds. The summed E-state index contributed by atoms with van der Waals surface area (Å²) in [7, 11) is 0. The summed E-state index contributed by atoms with van der Waals surface area (Å²) in [6.45, 7) is 2.10. The highest BCUT2D eigenvalue weighted by atomic mass is 35.5. The number of hydrogen-bond acceptors (Lipinski definition) is 3. The van der Waals surface area contributed by atoms with Gasteiger partial charge in [-0.3, -0.25) is 4.79 Å². The van der Waals surface area contributed by atoms with E-state index in [1.54, 1.807) is 19.1 Å². The van der Waals surface area contributed by atoms with E-state index in [0.29, 0.717) is 17.9 Å². The van der Waals surface area contributed by atoms with Gasteiger partial charge in [0.05, 0.1) is 11.4 Å². The predicted octanol–water partition coefficient (Wildman–Crippen LogP) is 1.22. The summed E-state index contributed by atoms with van der Waals surface area (Å²) in [5.74, 6) is -0.306. The fourth-order valence-corrected chi connectivity index (χ4v) is 0.974. The lowest BCUT2D eigenvalue weighted by molar-refractivity contribution is -0.119. The maximum atomic E-state index is 11.4. The van der Waals surface area contributed by atoms with Gasteiger partial charge in [-0.25, -0.2) is 0 Å². The quantitative estimate of drug-likeness (QED) is 0.682. The third-order valence-corrected chi connectivity index (χ3v) is 2.02. The zero-order valence-corrected chi connectivity index (χ0v) is 9.38. The minimum absolute atomic E-state index is 0. The van der Waals surface area contributed by atoms with E-state index in [1.807, 2.05) is 12.1 Å². The van der Waals surface area contributed by atoms with E-state index in [4.69, 9.17) is 11.5 Å². The molecule has 1 unspecified atom stereocenters. The van der Waals surface area contributed by atoms with Gasteiger partial charge in [0.2, 0.25) is 5.91 Å². The predicted molar refractivity (Wildman–Crippen MR) is 65.0 cm³/mol. The van der Waals surface area contributed by atoms with Crippen molar-refractivity contribution in [3.8, 4) is 0 Å². The molecule has 0 aliphatic carbocycles. The summed E-state index contributed by atoms with van der Waals surface area (Å²) < 4.78 is 0. The molecule has 0 aliphatic rings. The first kappa shape index (κ1) is 13.7. The largest absolute Gasteiger partial charge is 0.397 e. The van der Waals surface area contributed by atoms with Gasteiger partial charge in [0.25, 0.3) is 0 Å². The first-order valence-electron chi connectivity index (χ1n) is 4.50. The first-order chi connectivity index (χ1) is 6.65. The van der Waals surface area contributed by atoms with Crippen LogP contribution in [-0.2, 0) is 4.79 Å². The van der Waals surface area contributed by atoms with Gasteiger partial charge in [-0.2, -0.15) is 0 Å². The van der Waals surface area contributed by atoms with Crippen LogP contribution in [0.1, 0.15) is 6.92 Å². The monoisotopic (exact) mass is 229 g/mol. The van der Waals surface area contributed by atoms with Crippen LogP contribution in [0.2, 0.25) is 0 Å². The van der Waals surface area contributed by atoms with E-state index in [2.05, 4.69) is 5.32 Å². The Bertz CT molecular complexity index is 330. The zero-order valence-electron chi connectivity index (χ0n) is 8.57. The van der Waals surface area contributed by atoms with Gasteiger partial charge in [0.15, 0.2) is 0 Å². The molecule has 5 N–H and O–H groups in total. The van der Waals surface area contributed by atoms with Crippen molar-refractivity contribution in [3.05, 3.63) is 24.3 Å². The second-order valence-corrected chi connectivity index (χ2v) is 3.21. The smallest absolute Gasteiger partial charge is 0.228 e. The highest BCUT2D eigenvalue weighted by Crippen LogP contribution is 2.17. The second kappa shape index (κ2) is 6.27. The summed E-state index contributed by atoms with van der Waals surface area (Å²) >= 11 is 0. The maximum absolute atomic E-state index is 11.4. The average molecular weight is 230 g/mol. The van der Waals surface area contributed by atoms with Crippen LogP contribution in [0.4, 0.5) is 11.4 Å². The van der Waals surface area contributed by atoms with Gasteiger partial charge in [-0.05, 0) is 12.1 Å². The van der Waals surface area contributed by atoms with Crippen molar-refractivity contribution < 1.29 is 4.79 Å². The molecule has 1 atom stereocenters. The summed E-state index contributed by atoms with van der Waals surface area (Å²) in [5, 5.41) is 2.72. The Morgan fingerprint density at radius 2 is 2.07 bits per heavy atom. The minimum Gasteiger partial charge on any atom is -0.397 e. The Kier molecular flexibility index (Phi) is 5.74. The number of hydrogen-bond donors (Lipinski definition) is 3. The van der Waals surface area contributed by atoms with Gasteiger partial charge >= 0.3 is 0 Å². The molecule has 5 heteroatoms. The van der Waals surface area contributed by atoms with E-state index < -0.39 is 0 Å². The number of nitrogen functional groups attached to an aromatic ring is 1. The van der Waals surface area contributed by atoms with Crippen molar-refractivity contribution in [2.75, 3.05) is 17.6 Å². The number of rotatable bonds is 3. The number of halogens is 1. The van der Waals surface area contributed by atoms with Crippen molar-refractivity contribution >= 4 is 29.7 Å². The van der Waals surface area contributed by atoms with Crippen LogP contribution in [0.25, 0.3) is 0 Å². The topological polar surface area (TPSA) is 81.1 Å². The SMILES string of the molecule is CC(CN)C(=O)Nc1ccccc1N.Cl. The average Bonchev–Trinajstić information content (AvgIpc) is 2.20. The number of para-hydroxylation sites is 2. The second-order valence-electron chi connectivity index (χ2n) is 3.21. The summed E-state index contributed by atoms with van der Waals surface area (Å²) in [4.78, 5) is 11.4. The Morgan fingerprint density at radius 1 is 1.47 bits per heavy atom. The highest BCUT2D eigenvalue weighted by molar-refractivity contribution is 5.95. The molecule has 0 radical (unpaired) electrons. The third-order valence-electron chi connectivity index (χ3n) is 2.02. The molecule has 1 rings (SSSR count). The van der Waals surface area contributed by atoms with E-state index >= 15 is 0 Å². The molecule has 1 aromatic carbocycles. The molecule has 0 heterocycles. The molecule has 0 aromatic heterocycles. The normalized spacial score (nSPS) is 11.3. The van der Waals surface area contributed by atoms with E-state index in [-0.39, 0.29) is 24.2 Å². The minimum atomic E-state index is -0.199. The van der Waals surface area contributed by atoms with Gasteiger partial charge in [0.1, 0.15) is 0 Å². The Balaban J connectivity index is 0.00000196. The Hall–Kier alpha value is -1.26. The van der Waals surface area contributed by atoms with E-state index in [1.165, 1.54) is 0 Å². The van der Waals surface area contributed by atoms with Crippen LogP contribution < -0.4 is 16.8 Å². The zero-order chi connectivity index (χ0) is 10.6. The van der Waals surface area contributed by atoms with Crippen molar-refractivity contribution in [2.24, 2.45) is 11.7 Å². The van der Waals surface area contributed by atoms with Crippen LogP contribution in [0.15, 0.2) is 24.3 Å². The Labute approximate surface area is 95.4 Å². The summed E-state index contributed by atoms with van der Waals surface area (Å²) in [6, 6.07) is 7.13. The lowest BCUT2D eigenvalue weighted by Crippen LogP contribution is -2.26. The molecule has 0 spiro atoms. The van der Waals surface area contributed by atoms with Crippen LogP contribution in [0.5, 0.6) is 0 Å². The van der Waals surface area contributed by atoms with Crippen LogP contribution >= 0.6 is 12.4 Å². The van der Waals surface area contributed by atoms with Gasteiger partial charge in [-0.1, -0.05) is 19.1 Å². The lowest BCUT2D eigenvalue weighted by Gasteiger charge is -2.11. The molecular formula is C10H16ClN3O. The molecule has 0 saturated carbocycles. The van der Waals surface area contributed by atoms with Crippen LogP contribution in [0.3, 0.4) is 0 Å².